The second kappa shape index (κ2) is 4.81. The second-order valence-corrected chi connectivity index (χ2v) is 6.70. The van der Waals surface area contributed by atoms with Gasteiger partial charge in [0.05, 0.1) is 17.3 Å². The van der Waals surface area contributed by atoms with E-state index >= 15 is 0 Å². The smallest absolute Gasteiger partial charge is 0.135 e. The van der Waals surface area contributed by atoms with Crippen molar-refractivity contribution in [2.75, 3.05) is 12.4 Å². The molecule has 1 aliphatic carbocycles. The lowest BCUT2D eigenvalue weighted by atomic mass is 10.0. The summed E-state index contributed by atoms with van der Waals surface area (Å²) in [6.07, 6.45) is 2.62. The molecule has 1 N–H and O–H groups in total. The van der Waals surface area contributed by atoms with Gasteiger partial charge in [-0.1, -0.05) is 6.92 Å². The summed E-state index contributed by atoms with van der Waals surface area (Å²) < 4.78 is 7.33. The van der Waals surface area contributed by atoms with Crippen LogP contribution < -0.4 is 10.1 Å². The summed E-state index contributed by atoms with van der Waals surface area (Å²) in [6.45, 7) is 4.57. The van der Waals surface area contributed by atoms with Crippen molar-refractivity contribution >= 4 is 37.5 Å². The van der Waals surface area contributed by atoms with Gasteiger partial charge in [0.2, 0.25) is 0 Å². The number of halogens is 2. The molecule has 94 valence electrons. The first-order valence-electron chi connectivity index (χ1n) is 5.76. The number of benzene rings is 1. The van der Waals surface area contributed by atoms with Gasteiger partial charge in [0.1, 0.15) is 5.75 Å². The van der Waals surface area contributed by atoms with Crippen LogP contribution in [0.2, 0.25) is 0 Å². The third-order valence-corrected chi connectivity index (χ3v) is 4.97. The van der Waals surface area contributed by atoms with Crippen LogP contribution in [0.25, 0.3) is 0 Å². The summed E-state index contributed by atoms with van der Waals surface area (Å²) in [5.74, 6) is 0.851. The van der Waals surface area contributed by atoms with E-state index in [4.69, 9.17) is 4.74 Å². The van der Waals surface area contributed by atoms with Gasteiger partial charge in [0, 0.05) is 16.6 Å². The molecular weight excluding hydrogens is 346 g/mol. The van der Waals surface area contributed by atoms with Crippen LogP contribution in [0.5, 0.6) is 5.75 Å². The summed E-state index contributed by atoms with van der Waals surface area (Å²) in [5, 5.41) is 3.57. The first-order chi connectivity index (χ1) is 7.96. The van der Waals surface area contributed by atoms with Crippen molar-refractivity contribution in [3.8, 4) is 5.75 Å². The van der Waals surface area contributed by atoms with Crippen LogP contribution in [-0.2, 0) is 0 Å². The molecule has 1 saturated carbocycles. The fourth-order valence-corrected chi connectivity index (χ4v) is 3.10. The van der Waals surface area contributed by atoms with Crippen molar-refractivity contribution in [3.05, 3.63) is 21.1 Å². The quantitative estimate of drug-likeness (QED) is 0.828. The topological polar surface area (TPSA) is 21.3 Å². The molecule has 0 spiro atoms. The van der Waals surface area contributed by atoms with Gasteiger partial charge in [-0.3, -0.25) is 0 Å². The molecule has 0 aliphatic heterocycles. The Hall–Kier alpha value is -0.220. The fraction of sp³-hybridized carbons (Fsp3) is 0.538. The summed E-state index contributed by atoms with van der Waals surface area (Å²) in [6, 6.07) is 4.52. The Labute approximate surface area is 119 Å². The van der Waals surface area contributed by atoms with Gasteiger partial charge in [0.15, 0.2) is 0 Å². The molecule has 0 amide bonds. The predicted octanol–water partition coefficient (Wildman–Crippen LogP) is 4.82. The van der Waals surface area contributed by atoms with E-state index in [1.54, 1.807) is 7.11 Å². The van der Waals surface area contributed by atoms with Crippen LogP contribution in [-0.4, -0.2) is 13.2 Å². The van der Waals surface area contributed by atoms with Crippen LogP contribution in [0.3, 0.4) is 0 Å². The van der Waals surface area contributed by atoms with Gasteiger partial charge >= 0.3 is 0 Å². The first kappa shape index (κ1) is 13.2. The van der Waals surface area contributed by atoms with Crippen LogP contribution >= 0.6 is 31.9 Å². The van der Waals surface area contributed by atoms with Crippen molar-refractivity contribution < 1.29 is 4.74 Å². The first-order valence-corrected chi connectivity index (χ1v) is 7.34. The lowest BCUT2D eigenvalue weighted by Gasteiger charge is -2.23. The highest BCUT2D eigenvalue weighted by Gasteiger charge is 2.42. The number of hydrogen-bond acceptors (Lipinski definition) is 2. The van der Waals surface area contributed by atoms with Crippen LogP contribution in [0.4, 0.5) is 5.69 Å². The highest BCUT2D eigenvalue weighted by molar-refractivity contribution is 9.11. The Balaban J connectivity index is 2.20. The van der Waals surface area contributed by atoms with Gasteiger partial charge in [-0.05, 0) is 63.1 Å². The molecule has 0 heterocycles. The Morgan fingerprint density at radius 2 is 1.94 bits per heavy atom. The van der Waals surface area contributed by atoms with E-state index in [-0.39, 0.29) is 0 Å². The number of ether oxygens (including phenoxy) is 1. The maximum absolute atomic E-state index is 5.32. The molecule has 1 aromatic carbocycles. The lowest BCUT2D eigenvalue weighted by molar-refractivity contribution is 0.412. The maximum atomic E-state index is 5.32. The van der Waals surface area contributed by atoms with Gasteiger partial charge < -0.3 is 10.1 Å². The number of methoxy groups -OCH3 is 1. The van der Waals surface area contributed by atoms with E-state index in [1.165, 1.54) is 12.8 Å². The second-order valence-electron chi connectivity index (χ2n) is 4.99. The van der Waals surface area contributed by atoms with Gasteiger partial charge in [-0.15, -0.1) is 0 Å². The van der Waals surface area contributed by atoms with E-state index in [9.17, 15) is 0 Å². The van der Waals surface area contributed by atoms with Crippen molar-refractivity contribution in [3.63, 3.8) is 0 Å². The van der Waals surface area contributed by atoms with E-state index in [0.29, 0.717) is 11.5 Å². The molecule has 0 radical (unpaired) electrons. The Kier molecular flexibility index (Phi) is 3.74. The minimum absolute atomic E-state index is 0.458. The molecule has 1 aliphatic rings. The molecule has 0 bridgehead atoms. The van der Waals surface area contributed by atoms with Crippen LogP contribution in [0.15, 0.2) is 21.1 Å². The molecule has 2 rings (SSSR count). The monoisotopic (exact) mass is 361 g/mol. The average Bonchev–Trinajstić information content (AvgIpc) is 3.02. The number of hydrogen-bond donors (Lipinski definition) is 1. The highest BCUT2D eigenvalue weighted by atomic mass is 79.9. The Morgan fingerprint density at radius 1 is 1.29 bits per heavy atom. The standard InChI is InChI=1S/C13H17Br2NO/c1-8(13(2)4-5-13)16-11-7-12(17-3)10(15)6-9(11)14/h6-8,16H,4-5H2,1-3H3. The number of nitrogens with one attached hydrogen (secondary N) is 1. The molecule has 1 aromatic rings. The van der Waals surface area contributed by atoms with Crippen molar-refractivity contribution in [2.24, 2.45) is 5.41 Å². The third-order valence-electron chi connectivity index (χ3n) is 3.70. The molecule has 0 aromatic heterocycles. The van der Waals surface area contributed by atoms with Gasteiger partial charge in [0.25, 0.3) is 0 Å². The summed E-state index contributed by atoms with van der Waals surface area (Å²) in [5.41, 5.74) is 1.55. The van der Waals surface area contributed by atoms with Crippen molar-refractivity contribution in [1.82, 2.24) is 0 Å². The lowest BCUT2D eigenvalue weighted by Crippen LogP contribution is -2.25. The SMILES string of the molecule is COc1cc(NC(C)C2(C)CC2)c(Br)cc1Br. The van der Waals surface area contributed by atoms with E-state index < -0.39 is 0 Å². The zero-order valence-electron chi connectivity index (χ0n) is 10.3. The summed E-state index contributed by atoms with van der Waals surface area (Å²) in [4.78, 5) is 0. The van der Waals surface area contributed by atoms with Gasteiger partial charge in [-0.2, -0.15) is 0 Å². The third kappa shape index (κ3) is 2.79. The minimum Gasteiger partial charge on any atom is -0.495 e. The molecule has 17 heavy (non-hydrogen) atoms. The predicted molar refractivity (Wildman–Crippen MR) is 78.8 cm³/mol. The highest BCUT2D eigenvalue weighted by Crippen LogP contribution is 2.49. The zero-order chi connectivity index (χ0) is 12.6. The summed E-state index contributed by atoms with van der Waals surface area (Å²) >= 11 is 7.05. The molecule has 1 unspecified atom stereocenters. The fourth-order valence-electron chi connectivity index (χ4n) is 1.83. The normalized spacial score (nSPS) is 18.6. The molecule has 2 nitrogen and oxygen atoms in total. The zero-order valence-corrected chi connectivity index (χ0v) is 13.5. The molecular formula is C13H17Br2NO. The van der Waals surface area contributed by atoms with E-state index in [1.807, 2.05) is 12.1 Å². The van der Waals surface area contributed by atoms with E-state index in [0.717, 1.165) is 20.4 Å². The molecule has 1 atom stereocenters. The molecule has 4 heteroatoms. The Morgan fingerprint density at radius 3 is 2.47 bits per heavy atom. The summed E-state index contributed by atoms with van der Waals surface area (Å²) in [7, 11) is 1.68. The van der Waals surface area contributed by atoms with Crippen molar-refractivity contribution in [2.45, 2.75) is 32.7 Å². The molecule has 0 saturated heterocycles. The number of rotatable bonds is 4. The van der Waals surface area contributed by atoms with Crippen LogP contribution in [0, 0.1) is 5.41 Å². The average molecular weight is 363 g/mol. The largest absolute Gasteiger partial charge is 0.495 e. The Bertz CT molecular complexity index is 430. The number of anilines is 1. The molecule has 1 fully saturated rings. The van der Waals surface area contributed by atoms with E-state index in [2.05, 4.69) is 51.0 Å². The van der Waals surface area contributed by atoms with Crippen LogP contribution in [0.1, 0.15) is 26.7 Å². The van der Waals surface area contributed by atoms with Crippen molar-refractivity contribution in [1.29, 1.82) is 0 Å². The maximum Gasteiger partial charge on any atom is 0.135 e. The minimum atomic E-state index is 0.458. The van der Waals surface area contributed by atoms with Gasteiger partial charge in [-0.25, -0.2) is 0 Å².